The predicted molar refractivity (Wildman–Crippen MR) is 69.3 cm³/mol. The van der Waals surface area contributed by atoms with Gasteiger partial charge in [-0.05, 0) is 53.6 Å². The molecule has 0 radical (unpaired) electrons. The Kier molecular flexibility index (Phi) is 7.20. The highest BCUT2D eigenvalue weighted by Crippen LogP contribution is 2.14. The van der Waals surface area contributed by atoms with Gasteiger partial charge in [0, 0.05) is 18.1 Å². The smallest absolute Gasteiger partial charge is 0.00814 e. The minimum Gasteiger partial charge on any atom is -0.317 e. The zero-order valence-corrected chi connectivity index (χ0v) is 11.7. The Morgan fingerprint density at radius 1 is 0.933 bits per heavy atom. The highest BCUT2D eigenvalue weighted by Gasteiger charge is 2.18. The van der Waals surface area contributed by atoms with Crippen molar-refractivity contribution in [3.05, 3.63) is 0 Å². The lowest BCUT2D eigenvalue weighted by molar-refractivity contribution is 0.160. The van der Waals surface area contributed by atoms with Crippen molar-refractivity contribution in [2.24, 2.45) is 5.92 Å². The van der Waals surface area contributed by atoms with Gasteiger partial charge < -0.3 is 10.2 Å². The summed E-state index contributed by atoms with van der Waals surface area (Å²) in [6.07, 6.45) is 2.50. The highest BCUT2D eigenvalue weighted by molar-refractivity contribution is 4.74. The van der Waals surface area contributed by atoms with Gasteiger partial charge in [0.25, 0.3) is 0 Å². The molecule has 0 aromatic heterocycles. The Hall–Kier alpha value is -0.0800. The molecular weight excluding hydrogens is 184 g/mol. The lowest BCUT2D eigenvalue weighted by Gasteiger charge is -2.33. The molecule has 1 N–H and O–H groups in total. The fourth-order valence-corrected chi connectivity index (χ4v) is 2.08. The van der Waals surface area contributed by atoms with Crippen LogP contribution < -0.4 is 5.32 Å². The van der Waals surface area contributed by atoms with E-state index in [2.05, 4.69) is 51.9 Å². The number of hydrogen-bond donors (Lipinski definition) is 1. The molecular formula is C13H30N2. The Morgan fingerprint density at radius 2 is 1.40 bits per heavy atom. The third-order valence-electron chi connectivity index (χ3n) is 3.39. The van der Waals surface area contributed by atoms with Crippen LogP contribution in [0.1, 0.15) is 47.5 Å². The van der Waals surface area contributed by atoms with E-state index in [4.69, 9.17) is 0 Å². The van der Waals surface area contributed by atoms with Crippen molar-refractivity contribution in [1.29, 1.82) is 0 Å². The third kappa shape index (κ3) is 6.16. The average Bonchev–Trinajstić information content (AvgIpc) is 2.15. The molecule has 0 aliphatic carbocycles. The van der Waals surface area contributed by atoms with Crippen LogP contribution >= 0.6 is 0 Å². The van der Waals surface area contributed by atoms with Crippen LogP contribution in [0.15, 0.2) is 0 Å². The molecule has 3 unspecified atom stereocenters. The van der Waals surface area contributed by atoms with E-state index in [1.165, 1.54) is 12.8 Å². The molecule has 3 atom stereocenters. The van der Waals surface area contributed by atoms with E-state index in [1.807, 2.05) is 7.05 Å². The Morgan fingerprint density at radius 3 is 1.80 bits per heavy atom. The standard InChI is InChI=1S/C13H30N2/c1-10(2)8-12(4)15(7)13(5)9-11(3)14-6/h10-14H,8-9H2,1-7H3. The van der Waals surface area contributed by atoms with Crippen LogP contribution in [0.5, 0.6) is 0 Å². The second-order valence-corrected chi connectivity index (χ2v) is 5.42. The van der Waals surface area contributed by atoms with Crippen LogP contribution in [-0.4, -0.2) is 37.1 Å². The van der Waals surface area contributed by atoms with Crippen molar-refractivity contribution in [3.63, 3.8) is 0 Å². The van der Waals surface area contributed by atoms with Gasteiger partial charge in [-0.2, -0.15) is 0 Å². The van der Waals surface area contributed by atoms with E-state index in [0.717, 1.165) is 5.92 Å². The first-order valence-corrected chi connectivity index (χ1v) is 6.27. The summed E-state index contributed by atoms with van der Waals surface area (Å²) in [7, 11) is 4.29. The molecule has 0 amide bonds. The molecule has 0 aliphatic rings. The van der Waals surface area contributed by atoms with Crippen molar-refractivity contribution < 1.29 is 0 Å². The van der Waals surface area contributed by atoms with E-state index in [1.54, 1.807) is 0 Å². The van der Waals surface area contributed by atoms with E-state index >= 15 is 0 Å². The van der Waals surface area contributed by atoms with Crippen LogP contribution in [-0.2, 0) is 0 Å². The predicted octanol–water partition coefficient (Wildman–Crippen LogP) is 2.74. The zero-order valence-electron chi connectivity index (χ0n) is 11.7. The monoisotopic (exact) mass is 214 g/mol. The van der Waals surface area contributed by atoms with Gasteiger partial charge >= 0.3 is 0 Å². The van der Waals surface area contributed by atoms with Gasteiger partial charge in [0.2, 0.25) is 0 Å². The third-order valence-corrected chi connectivity index (χ3v) is 3.39. The number of nitrogens with one attached hydrogen (secondary N) is 1. The summed E-state index contributed by atoms with van der Waals surface area (Å²) in [4.78, 5) is 2.51. The van der Waals surface area contributed by atoms with Crippen LogP contribution in [0.4, 0.5) is 0 Å². The Balaban J connectivity index is 4.00. The second kappa shape index (κ2) is 7.24. The molecule has 0 bridgehead atoms. The minimum atomic E-state index is 0.605. The maximum atomic E-state index is 3.30. The molecule has 0 aliphatic heterocycles. The molecule has 0 saturated heterocycles. The number of hydrogen-bond acceptors (Lipinski definition) is 2. The summed E-state index contributed by atoms with van der Waals surface area (Å²) in [6.45, 7) is 11.5. The SMILES string of the molecule is CNC(C)CC(C)N(C)C(C)CC(C)C. The summed E-state index contributed by atoms with van der Waals surface area (Å²) >= 11 is 0. The highest BCUT2D eigenvalue weighted by atomic mass is 15.2. The van der Waals surface area contributed by atoms with Gasteiger partial charge in [-0.15, -0.1) is 0 Å². The zero-order chi connectivity index (χ0) is 12.0. The fourth-order valence-electron chi connectivity index (χ4n) is 2.08. The quantitative estimate of drug-likeness (QED) is 0.701. The first-order valence-electron chi connectivity index (χ1n) is 6.27. The molecule has 0 fully saturated rings. The molecule has 0 rings (SSSR count). The first kappa shape index (κ1) is 14.9. The van der Waals surface area contributed by atoms with Gasteiger partial charge in [0.05, 0.1) is 0 Å². The van der Waals surface area contributed by atoms with Crippen molar-refractivity contribution in [2.45, 2.75) is 65.6 Å². The average molecular weight is 214 g/mol. The maximum Gasteiger partial charge on any atom is 0.00814 e. The fraction of sp³-hybridized carbons (Fsp3) is 1.00. The molecule has 15 heavy (non-hydrogen) atoms. The molecule has 0 spiro atoms. The van der Waals surface area contributed by atoms with E-state index < -0.39 is 0 Å². The van der Waals surface area contributed by atoms with E-state index in [0.29, 0.717) is 18.1 Å². The molecule has 2 heteroatoms. The molecule has 0 saturated carbocycles. The summed E-state index contributed by atoms with van der Waals surface area (Å²) in [5.41, 5.74) is 0. The lowest BCUT2D eigenvalue weighted by Crippen LogP contribution is -2.40. The summed E-state index contributed by atoms with van der Waals surface area (Å²) in [5.74, 6) is 0.788. The summed E-state index contributed by atoms with van der Waals surface area (Å²) < 4.78 is 0. The van der Waals surface area contributed by atoms with Gasteiger partial charge in [-0.1, -0.05) is 13.8 Å². The van der Waals surface area contributed by atoms with Gasteiger partial charge in [0.15, 0.2) is 0 Å². The topological polar surface area (TPSA) is 15.3 Å². The minimum absolute atomic E-state index is 0.605. The molecule has 92 valence electrons. The largest absolute Gasteiger partial charge is 0.317 e. The van der Waals surface area contributed by atoms with Crippen molar-refractivity contribution in [2.75, 3.05) is 14.1 Å². The molecule has 0 aromatic rings. The first-order chi connectivity index (χ1) is 6.88. The van der Waals surface area contributed by atoms with Crippen LogP contribution in [0.3, 0.4) is 0 Å². The molecule has 2 nitrogen and oxygen atoms in total. The van der Waals surface area contributed by atoms with Gasteiger partial charge in [-0.25, -0.2) is 0 Å². The van der Waals surface area contributed by atoms with Crippen LogP contribution in [0.2, 0.25) is 0 Å². The van der Waals surface area contributed by atoms with E-state index in [9.17, 15) is 0 Å². The maximum absolute atomic E-state index is 3.30. The molecule has 0 aromatic carbocycles. The summed E-state index contributed by atoms with van der Waals surface area (Å²) in [6, 6.07) is 1.94. The Bertz CT molecular complexity index is 157. The second-order valence-electron chi connectivity index (χ2n) is 5.42. The molecule has 0 heterocycles. The number of nitrogens with zero attached hydrogens (tertiary/aromatic N) is 1. The van der Waals surface area contributed by atoms with Crippen molar-refractivity contribution in [3.8, 4) is 0 Å². The number of rotatable bonds is 7. The normalized spacial score (nSPS) is 18.2. The van der Waals surface area contributed by atoms with Gasteiger partial charge in [-0.3, -0.25) is 0 Å². The summed E-state index contributed by atoms with van der Waals surface area (Å²) in [5, 5.41) is 3.30. The van der Waals surface area contributed by atoms with Crippen LogP contribution in [0, 0.1) is 5.92 Å². The van der Waals surface area contributed by atoms with Gasteiger partial charge in [0.1, 0.15) is 0 Å². The van der Waals surface area contributed by atoms with Crippen LogP contribution in [0.25, 0.3) is 0 Å². The van der Waals surface area contributed by atoms with Crippen molar-refractivity contribution >= 4 is 0 Å². The van der Waals surface area contributed by atoms with E-state index in [-0.39, 0.29) is 0 Å². The van der Waals surface area contributed by atoms with Crippen molar-refractivity contribution in [1.82, 2.24) is 10.2 Å². The Labute approximate surface area is 96.4 Å². The lowest BCUT2D eigenvalue weighted by atomic mass is 10.0.